The van der Waals surface area contributed by atoms with Gasteiger partial charge in [-0.15, -0.1) is 11.3 Å². The third kappa shape index (κ3) is 3.87. The maximum Gasteiger partial charge on any atom is 0.277 e. The van der Waals surface area contributed by atoms with Crippen molar-refractivity contribution in [1.82, 2.24) is 9.21 Å². The van der Waals surface area contributed by atoms with Crippen molar-refractivity contribution < 1.29 is 13.2 Å². The first-order valence-electron chi connectivity index (χ1n) is 5.75. The van der Waals surface area contributed by atoms with E-state index >= 15 is 0 Å². The molecule has 1 aliphatic rings. The van der Waals surface area contributed by atoms with E-state index < -0.39 is 10.2 Å². The standard InChI is InChI=1S/C11H15N3O3S2/c12-19(16,17)14-7-5-13(6-8-14)11(15)4-3-10-2-1-9-18-10/h1-4,9H,5-8H2,(H2,12,16,17)/b4-3+. The zero-order chi connectivity index (χ0) is 13.9. The summed E-state index contributed by atoms with van der Waals surface area (Å²) in [5.41, 5.74) is 0. The van der Waals surface area contributed by atoms with Crippen molar-refractivity contribution in [3.05, 3.63) is 28.5 Å². The quantitative estimate of drug-likeness (QED) is 0.804. The molecular formula is C11H15N3O3S2. The largest absolute Gasteiger partial charge is 0.337 e. The number of hydrogen-bond acceptors (Lipinski definition) is 4. The number of piperazine rings is 1. The van der Waals surface area contributed by atoms with E-state index in [1.54, 1.807) is 22.3 Å². The molecule has 1 aliphatic heterocycles. The first kappa shape index (κ1) is 14.2. The van der Waals surface area contributed by atoms with Gasteiger partial charge in [-0.25, -0.2) is 5.14 Å². The summed E-state index contributed by atoms with van der Waals surface area (Å²) in [6, 6.07) is 3.84. The molecule has 19 heavy (non-hydrogen) atoms. The van der Waals surface area contributed by atoms with Crippen molar-refractivity contribution in [3.63, 3.8) is 0 Å². The Hall–Kier alpha value is -1.22. The molecule has 2 heterocycles. The maximum atomic E-state index is 11.9. The number of thiophene rings is 1. The van der Waals surface area contributed by atoms with Gasteiger partial charge >= 0.3 is 0 Å². The molecule has 0 aromatic carbocycles. The second-order valence-electron chi connectivity index (χ2n) is 4.12. The molecule has 104 valence electrons. The Morgan fingerprint density at radius 1 is 1.32 bits per heavy atom. The number of nitrogens with zero attached hydrogens (tertiary/aromatic N) is 2. The number of rotatable bonds is 3. The normalized spacial score (nSPS) is 18.1. The highest BCUT2D eigenvalue weighted by molar-refractivity contribution is 7.86. The van der Waals surface area contributed by atoms with Gasteiger partial charge in [0.15, 0.2) is 0 Å². The van der Waals surface area contributed by atoms with Gasteiger partial charge in [-0.1, -0.05) is 6.07 Å². The van der Waals surface area contributed by atoms with Gasteiger partial charge in [0.25, 0.3) is 10.2 Å². The number of carbonyl (C=O) groups is 1. The van der Waals surface area contributed by atoms with Gasteiger partial charge in [0.2, 0.25) is 5.91 Å². The van der Waals surface area contributed by atoms with Crippen LogP contribution in [0.4, 0.5) is 0 Å². The minimum atomic E-state index is -3.64. The van der Waals surface area contributed by atoms with E-state index in [0.717, 1.165) is 4.88 Å². The predicted octanol–water partition coefficient (Wildman–Crippen LogP) is 0.109. The minimum absolute atomic E-state index is 0.109. The molecular weight excluding hydrogens is 286 g/mol. The van der Waals surface area contributed by atoms with Crippen molar-refractivity contribution in [1.29, 1.82) is 0 Å². The van der Waals surface area contributed by atoms with Crippen LogP contribution in [0.1, 0.15) is 4.88 Å². The molecule has 0 saturated carbocycles. The summed E-state index contributed by atoms with van der Waals surface area (Å²) < 4.78 is 23.4. The summed E-state index contributed by atoms with van der Waals surface area (Å²) in [6.45, 7) is 1.23. The average Bonchev–Trinajstić information content (AvgIpc) is 2.88. The molecule has 0 bridgehead atoms. The number of carbonyl (C=O) groups excluding carboxylic acids is 1. The lowest BCUT2D eigenvalue weighted by molar-refractivity contribution is -0.127. The lowest BCUT2D eigenvalue weighted by Crippen LogP contribution is -2.51. The summed E-state index contributed by atoms with van der Waals surface area (Å²) in [5.74, 6) is -0.109. The number of hydrogen-bond donors (Lipinski definition) is 1. The molecule has 6 nitrogen and oxygen atoms in total. The Bertz CT molecular complexity index is 558. The molecule has 2 N–H and O–H groups in total. The van der Waals surface area contributed by atoms with Crippen LogP contribution < -0.4 is 5.14 Å². The van der Waals surface area contributed by atoms with Crippen LogP contribution in [-0.2, 0) is 15.0 Å². The van der Waals surface area contributed by atoms with Crippen molar-refractivity contribution in [3.8, 4) is 0 Å². The molecule has 1 amide bonds. The van der Waals surface area contributed by atoms with Crippen LogP contribution in [0, 0.1) is 0 Å². The van der Waals surface area contributed by atoms with E-state index in [1.165, 1.54) is 10.4 Å². The van der Waals surface area contributed by atoms with Gasteiger partial charge in [-0.3, -0.25) is 4.79 Å². The summed E-state index contributed by atoms with van der Waals surface area (Å²) in [6.07, 6.45) is 3.28. The lowest BCUT2D eigenvalue weighted by Gasteiger charge is -2.32. The van der Waals surface area contributed by atoms with Crippen LogP contribution in [0.2, 0.25) is 0 Å². The third-order valence-corrected chi connectivity index (χ3v) is 4.77. The zero-order valence-electron chi connectivity index (χ0n) is 10.2. The van der Waals surface area contributed by atoms with Crippen molar-refractivity contribution in [2.75, 3.05) is 26.2 Å². The molecule has 0 unspecified atom stereocenters. The van der Waals surface area contributed by atoms with Crippen molar-refractivity contribution >= 4 is 33.5 Å². The van der Waals surface area contributed by atoms with Crippen LogP contribution in [0.5, 0.6) is 0 Å². The van der Waals surface area contributed by atoms with Crippen molar-refractivity contribution in [2.45, 2.75) is 0 Å². The first-order valence-corrected chi connectivity index (χ1v) is 8.13. The topological polar surface area (TPSA) is 83.7 Å². The fraction of sp³-hybridized carbons (Fsp3) is 0.364. The summed E-state index contributed by atoms with van der Waals surface area (Å²) >= 11 is 1.55. The van der Waals surface area contributed by atoms with E-state index in [1.807, 2.05) is 17.5 Å². The second-order valence-corrected chi connectivity index (χ2v) is 6.64. The molecule has 0 atom stereocenters. The van der Waals surface area contributed by atoms with Crippen LogP contribution in [-0.4, -0.2) is 49.7 Å². The van der Waals surface area contributed by atoms with E-state index in [2.05, 4.69) is 0 Å². The van der Waals surface area contributed by atoms with E-state index in [9.17, 15) is 13.2 Å². The molecule has 1 saturated heterocycles. The highest BCUT2D eigenvalue weighted by Crippen LogP contribution is 2.11. The van der Waals surface area contributed by atoms with Crippen LogP contribution in [0.25, 0.3) is 6.08 Å². The Balaban J connectivity index is 1.89. The fourth-order valence-electron chi connectivity index (χ4n) is 1.81. The number of nitrogens with two attached hydrogens (primary N) is 1. The van der Waals surface area contributed by atoms with Gasteiger partial charge in [0, 0.05) is 37.1 Å². The Kier molecular flexibility index (Phi) is 4.35. The monoisotopic (exact) mass is 301 g/mol. The first-order chi connectivity index (χ1) is 8.97. The van der Waals surface area contributed by atoms with Gasteiger partial charge in [-0.2, -0.15) is 12.7 Å². The van der Waals surface area contributed by atoms with Gasteiger partial charge < -0.3 is 4.90 Å². The average molecular weight is 301 g/mol. The lowest BCUT2D eigenvalue weighted by atomic mass is 10.3. The van der Waals surface area contributed by atoms with E-state index in [0.29, 0.717) is 13.1 Å². The number of amides is 1. The zero-order valence-corrected chi connectivity index (χ0v) is 11.9. The smallest absolute Gasteiger partial charge is 0.277 e. The summed E-state index contributed by atoms with van der Waals surface area (Å²) in [4.78, 5) is 14.5. The third-order valence-electron chi connectivity index (χ3n) is 2.84. The molecule has 0 spiro atoms. The summed E-state index contributed by atoms with van der Waals surface area (Å²) in [7, 11) is -3.64. The molecule has 2 rings (SSSR count). The Labute approximate surface area is 116 Å². The van der Waals surface area contributed by atoms with Gasteiger partial charge in [0.1, 0.15) is 0 Å². The van der Waals surface area contributed by atoms with E-state index in [4.69, 9.17) is 5.14 Å². The van der Waals surface area contributed by atoms with E-state index in [-0.39, 0.29) is 19.0 Å². The SMILES string of the molecule is NS(=O)(=O)N1CCN(C(=O)/C=C/c2cccs2)CC1. The molecule has 1 aromatic rings. The minimum Gasteiger partial charge on any atom is -0.337 e. The molecule has 1 aromatic heterocycles. The highest BCUT2D eigenvalue weighted by Gasteiger charge is 2.25. The van der Waals surface area contributed by atoms with Crippen LogP contribution in [0.15, 0.2) is 23.6 Å². The Morgan fingerprint density at radius 3 is 2.53 bits per heavy atom. The molecule has 8 heteroatoms. The van der Waals surface area contributed by atoms with Gasteiger partial charge in [0.05, 0.1) is 0 Å². The Morgan fingerprint density at radius 2 is 2.00 bits per heavy atom. The maximum absolute atomic E-state index is 11.9. The van der Waals surface area contributed by atoms with Crippen LogP contribution in [0.3, 0.4) is 0 Å². The predicted molar refractivity (Wildman–Crippen MR) is 74.6 cm³/mol. The molecule has 0 aliphatic carbocycles. The molecule has 0 radical (unpaired) electrons. The highest BCUT2D eigenvalue weighted by atomic mass is 32.2. The fourth-order valence-corrected chi connectivity index (χ4v) is 3.10. The van der Waals surface area contributed by atoms with Crippen LogP contribution >= 0.6 is 11.3 Å². The molecule has 1 fully saturated rings. The second kappa shape index (κ2) is 5.83. The summed E-state index contributed by atoms with van der Waals surface area (Å²) in [5, 5.41) is 6.98. The van der Waals surface area contributed by atoms with Crippen molar-refractivity contribution in [2.24, 2.45) is 5.14 Å². The van der Waals surface area contributed by atoms with Gasteiger partial charge in [-0.05, 0) is 17.5 Å².